The second-order valence-corrected chi connectivity index (χ2v) is 5.93. The smallest absolute Gasteiger partial charge is 0.247 e. The number of nitrogens with zero attached hydrogens (tertiary/aromatic N) is 1. The van der Waals surface area contributed by atoms with E-state index in [4.69, 9.17) is 4.74 Å². The second kappa shape index (κ2) is 6.03. The lowest BCUT2D eigenvalue weighted by Gasteiger charge is -2.41. The maximum absolute atomic E-state index is 12.1. The lowest BCUT2D eigenvalue weighted by atomic mass is 10.0. The van der Waals surface area contributed by atoms with Crippen molar-refractivity contribution in [3.8, 4) is 0 Å². The fourth-order valence-corrected chi connectivity index (χ4v) is 2.39. The number of rotatable bonds is 4. The van der Waals surface area contributed by atoms with Crippen LogP contribution in [0, 0.1) is 0 Å². The number of carbonyl (C=O) groups excluding carboxylic acids is 1. The van der Waals surface area contributed by atoms with E-state index >= 15 is 0 Å². The summed E-state index contributed by atoms with van der Waals surface area (Å²) in [5, 5.41) is 6.22. The van der Waals surface area contributed by atoms with Crippen molar-refractivity contribution in [1.82, 2.24) is 15.5 Å². The Labute approximate surface area is 115 Å². The largest absolute Gasteiger partial charge is 0.379 e. The van der Waals surface area contributed by atoms with Crippen molar-refractivity contribution >= 4 is 5.91 Å². The number of hydrogen-bond donors (Lipinski definition) is 2. The molecule has 0 aliphatic carbocycles. The normalized spacial score (nSPS) is 20.9. The number of ether oxygens (including phenoxy) is 1. The van der Waals surface area contributed by atoms with Crippen LogP contribution >= 0.6 is 0 Å². The van der Waals surface area contributed by atoms with E-state index in [-0.39, 0.29) is 11.4 Å². The summed E-state index contributed by atoms with van der Waals surface area (Å²) in [5.41, 5.74) is 2.07. The van der Waals surface area contributed by atoms with Crippen molar-refractivity contribution in [3.63, 3.8) is 0 Å². The maximum Gasteiger partial charge on any atom is 0.247 e. The summed E-state index contributed by atoms with van der Waals surface area (Å²) < 4.78 is 5.37. The molecule has 0 aromatic heterocycles. The van der Waals surface area contributed by atoms with Gasteiger partial charge in [0.2, 0.25) is 5.91 Å². The predicted octanol–water partition coefficient (Wildman–Crippen LogP) is 0.133. The first kappa shape index (κ1) is 14.5. The van der Waals surface area contributed by atoms with Crippen molar-refractivity contribution in [1.29, 1.82) is 0 Å². The SMILES string of the molecule is CC(C(=O)NCC(C)(C)N1CCOCC1)=C1CNC1. The molecule has 0 atom stereocenters. The van der Waals surface area contributed by atoms with Crippen LogP contribution in [-0.4, -0.2) is 62.3 Å². The topological polar surface area (TPSA) is 53.6 Å². The highest BCUT2D eigenvalue weighted by Crippen LogP contribution is 2.16. The molecule has 5 nitrogen and oxygen atoms in total. The molecule has 0 radical (unpaired) electrons. The van der Waals surface area contributed by atoms with Gasteiger partial charge in [0.05, 0.1) is 13.2 Å². The molecule has 0 bridgehead atoms. The van der Waals surface area contributed by atoms with Crippen LogP contribution < -0.4 is 10.6 Å². The first-order valence-electron chi connectivity index (χ1n) is 7.01. The number of morpholine rings is 1. The number of carbonyl (C=O) groups is 1. The third-order valence-corrected chi connectivity index (χ3v) is 4.10. The molecule has 0 spiro atoms. The summed E-state index contributed by atoms with van der Waals surface area (Å²) in [7, 11) is 0. The Morgan fingerprint density at radius 1 is 1.37 bits per heavy atom. The zero-order valence-electron chi connectivity index (χ0n) is 12.2. The molecular formula is C14H25N3O2. The van der Waals surface area contributed by atoms with Gasteiger partial charge in [0.1, 0.15) is 0 Å². The summed E-state index contributed by atoms with van der Waals surface area (Å²) in [4.78, 5) is 14.4. The van der Waals surface area contributed by atoms with Crippen molar-refractivity contribution in [3.05, 3.63) is 11.1 Å². The lowest BCUT2D eigenvalue weighted by molar-refractivity contribution is -0.118. The van der Waals surface area contributed by atoms with E-state index in [0.29, 0.717) is 6.54 Å². The van der Waals surface area contributed by atoms with Gasteiger partial charge in [-0.25, -0.2) is 0 Å². The molecule has 2 rings (SSSR count). The van der Waals surface area contributed by atoms with Crippen molar-refractivity contribution in [2.45, 2.75) is 26.3 Å². The van der Waals surface area contributed by atoms with E-state index in [1.807, 2.05) is 6.92 Å². The van der Waals surface area contributed by atoms with Gasteiger partial charge in [0.15, 0.2) is 0 Å². The van der Waals surface area contributed by atoms with Crippen LogP contribution in [0.1, 0.15) is 20.8 Å². The summed E-state index contributed by atoms with van der Waals surface area (Å²) >= 11 is 0. The number of nitrogens with one attached hydrogen (secondary N) is 2. The fraction of sp³-hybridized carbons (Fsp3) is 0.786. The molecular weight excluding hydrogens is 242 g/mol. The zero-order valence-corrected chi connectivity index (χ0v) is 12.2. The van der Waals surface area contributed by atoms with Crippen LogP contribution in [0.2, 0.25) is 0 Å². The highest BCUT2D eigenvalue weighted by Gasteiger charge is 2.29. The molecule has 2 saturated heterocycles. The Morgan fingerprint density at radius 2 is 2.00 bits per heavy atom. The average Bonchev–Trinajstić information content (AvgIpc) is 2.35. The molecule has 2 fully saturated rings. The van der Waals surface area contributed by atoms with Crippen LogP contribution in [0.5, 0.6) is 0 Å². The molecule has 0 saturated carbocycles. The Balaban J connectivity index is 1.84. The molecule has 0 aromatic rings. The van der Waals surface area contributed by atoms with Gasteiger partial charge in [-0.1, -0.05) is 0 Å². The van der Waals surface area contributed by atoms with Crippen molar-refractivity contribution in [2.75, 3.05) is 45.9 Å². The minimum atomic E-state index is -0.0255. The average molecular weight is 267 g/mol. The number of amides is 1. The first-order valence-corrected chi connectivity index (χ1v) is 7.01. The maximum atomic E-state index is 12.1. The molecule has 2 N–H and O–H groups in total. The quantitative estimate of drug-likeness (QED) is 0.711. The van der Waals surface area contributed by atoms with Crippen LogP contribution in [0.15, 0.2) is 11.1 Å². The standard InChI is InChI=1S/C14H25N3O2/c1-11(12-8-15-9-12)13(18)16-10-14(2,3)17-4-6-19-7-5-17/h15H,4-10H2,1-3H3,(H,16,18). The Kier molecular flexibility index (Phi) is 4.60. The predicted molar refractivity (Wildman–Crippen MR) is 75.1 cm³/mol. The minimum Gasteiger partial charge on any atom is -0.379 e. The molecule has 108 valence electrons. The molecule has 2 heterocycles. The van der Waals surface area contributed by atoms with E-state index in [0.717, 1.165) is 45.0 Å². The van der Waals surface area contributed by atoms with Gasteiger partial charge in [0.25, 0.3) is 0 Å². The van der Waals surface area contributed by atoms with E-state index in [1.165, 1.54) is 5.57 Å². The Morgan fingerprint density at radius 3 is 2.53 bits per heavy atom. The van der Waals surface area contributed by atoms with Gasteiger partial charge in [0, 0.05) is 43.8 Å². The fourth-order valence-electron chi connectivity index (χ4n) is 2.39. The van der Waals surface area contributed by atoms with Crippen molar-refractivity contribution in [2.24, 2.45) is 0 Å². The molecule has 5 heteroatoms. The van der Waals surface area contributed by atoms with Crippen LogP contribution in [0.25, 0.3) is 0 Å². The molecule has 0 aromatic carbocycles. The summed E-state index contributed by atoms with van der Waals surface area (Å²) in [6, 6.07) is 0. The van der Waals surface area contributed by atoms with E-state index in [1.54, 1.807) is 0 Å². The third-order valence-electron chi connectivity index (χ3n) is 4.10. The van der Waals surface area contributed by atoms with Gasteiger partial charge in [-0.3, -0.25) is 9.69 Å². The van der Waals surface area contributed by atoms with Crippen molar-refractivity contribution < 1.29 is 9.53 Å². The third kappa shape index (κ3) is 3.55. The van der Waals surface area contributed by atoms with Crippen LogP contribution in [0.4, 0.5) is 0 Å². The summed E-state index contributed by atoms with van der Waals surface area (Å²) in [5.74, 6) is 0.0674. The zero-order chi connectivity index (χ0) is 13.9. The lowest BCUT2D eigenvalue weighted by Crippen LogP contribution is -2.55. The molecule has 2 aliphatic rings. The van der Waals surface area contributed by atoms with E-state index in [9.17, 15) is 4.79 Å². The van der Waals surface area contributed by atoms with E-state index < -0.39 is 0 Å². The molecule has 0 unspecified atom stereocenters. The molecule has 19 heavy (non-hydrogen) atoms. The van der Waals surface area contributed by atoms with E-state index in [2.05, 4.69) is 29.4 Å². The highest BCUT2D eigenvalue weighted by atomic mass is 16.5. The van der Waals surface area contributed by atoms with Gasteiger partial charge in [-0.15, -0.1) is 0 Å². The van der Waals surface area contributed by atoms with Gasteiger partial charge >= 0.3 is 0 Å². The Bertz CT molecular complexity index is 365. The van der Waals surface area contributed by atoms with Gasteiger partial charge in [-0.05, 0) is 26.3 Å². The van der Waals surface area contributed by atoms with Gasteiger partial charge in [-0.2, -0.15) is 0 Å². The van der Waals surface area contributed by atoms with Gasteiger partial charge < -0.3 is 15.4 Å². The monoisotopic (exact) mass is 267 g/mol. The summed E-state index contributed by atoms with van der Waals surface area (Å²) in [6.45, 7) is 12.1. The second-order valence-electron chi connectivity index (χ2n) is 5.93. The first-order chi connectivity index (χ1) is 9.00. The Hall–Kier alpha value is -0.910. The van der Waals surface area contributed by atoms with Crippen LogP contribution in [-0.2, 0) is 9.53 Å². The minimum absolute atomic E-state index is 0.0255. The highest BCUT2D eigenvalue weighted by molar-refractivity contribution is 5.94. The number of hydrogen-bond acceptors (Lipinski definition) is 4. The molecule has 1 amide bonds. The molecule has 2 aliphatic heterocycles. The summed E-state index contributed by atoms with van der Waals surface area (Å²) in [6.07, 6.45) is 0. The van der Waals surface area contributed by atoms with Crippen LogP contribution in [0.3, 0.4) is 0 Å².